The lowest BCUT2D eigenvalue weighted by atomic mass is 10.0. The summed E-state index contributed by atoms with van der Waals surface area (Å²) in [6.07, 6.45) is 5.40. The lowest BCUT2D eigenvalue weighted by Gasteiger charge is -2.32. The van der Waals surface area contributed by atoms with E-state index in [0.717, 1.165) is 41.7 Å². The minimum absolute atomic E-state index is 0.00356. The van der Waals surface area contributed by atoms with Crippen molar-refractivity contribution in [2.24, 2.45) is 0 Å². The van der Waals surface area contributed by atoms with Crippen LogP contribution in [0.2, 0.25) is 0 Å². The van der Waals surface area contributed by atoms with Crippen molar-refractivity contribution >= 4 is 34.5 Å². The van der Waals surface area contributed by atoms with Gasteiger partial charge < -0.3 is 10.2 Å². The van der Waals surface area contributed by atoms with Gasteiger partial charge in [0.05, 0.1) is 6.42 Å². The summed E-state index contributed by atoms with van der Waals surface area (Å²) in [5, 5.41) is 9.19. The molecule has 162 valence electrons. The number of hydrogen-bond donors (Lipinski definition) is 1. The molecule has 6 heteroatoms. The summed E-state index contributed by atoms with van der Waals surface area (Å²) >= 11 is 3.14. The van der Waals surface area contributed by atoms with Gasteiger partial charge in [0.25, 0.3) is 0 Å². The van der Waals surface area contributed by atoms with E-state index in [4.69, 9.17) is 0 Å². The predicted octanol–water partition coefficient (Wildman–Crippen LogP) is 5.22. The van der Waals surface area contributed by atoms with E-state index in [0.29, 0.717) is 19.4 Å². The molecule has 1 atom stereocenters. The SMILES string of the molecule is O=C(NC1CCCC1)[C@@H](c1ccsc1)N(CCc1ccccc1)C(=O)Cc1cccs1. The fourth-order valence-electron chi connectivity index (χ4n) is 4.21. The average molecular weight is 453 g/mol. The highest BCUT2D eigenvalue weighted by atomic mass is 32.1. The number of thiophene rings is 2. The van der Waals surface area contributed by atoms with Crippen molar-refractivity contribution in [2.75, 3.05) is 6.54 Å². The molecule has 0 saturated heterocycles. The second kappa shape index (κ2) is 10.7. The van der Waals surface area contributed by atoms with Gasteiger partial charge in [-0.3, -0.25) is 9.59 Å². The van der Waals surface area contributed by atoms with Crippen LogP contribution in [0.25, 0.3) is 0 Å². The van der Waals surface area contributed by atoms with Crippen LogP contribution in [0, 0.1) is 0 Å². The van der Waals surface area contributed by atoms with Crippen LogP contribution in [0.5, 0.6) is 0 Å². The zero-order chi connectivity index (χ0) is 21.5. The summed E-state index contributed by atoms with van der Waals surface area (Å²) in [5.41, 5.74) is 2.06. The Morgan fingerprint density at radius 3 is 2.52 bits per heavy atom. The smallest absolute Gasteiger partial charge is 0.247 e. The molecule has 1 aliphatic rings. The molecule has 4 rings (SSSR count). The van der Waals surface area contributed by atoms with Crippen molar-refractivity contribution in [3.63, 3.8) is 0 Å². The van der Waals surface area contributed by atoms with E-state index in [1.165, 1.54) is 0 Å². The zero-order valence-corrected chi connectivity index (χ0v) is 19.2. The molecule has 0 unspecified atom stereocenters. The van der Waals surface area contributed by atoms with Crippen LogP contribution >= 0.6 is 22.7 Å². The van der Waals surface area contributed by atoms with Gasteiger partial charge in [0.2, 0.25) is 11.8 Å². The molecule has 1 N–H and O–H groups in total. The maximum Gasteiger partial charge on any atom is 0.247 e. The van der Waals surface area contributed by atoms with E-state index in [2.05, 4.69) is 17.4 Å². The Labute approximate surface area is 191 Å². The fraction of sp³-hybridized carbons (Fsp3) is 0.360. The third-order valence-electron chi connectivity index (χ3n) is 5.83. The van der Waals surface area contributed by atoms with Gasteiger partial charge >= 0.3 is 0 Å². The summed E-state index contributed by atoms with van der Waals surface area (Å²) in [6, 6.07) is 15.7. The second-order valence-electron chi connectivity index (χ2n) is 8.03. The minimum Gasteiger partial charge on any atom is -0.351 e. The van der Waals surface area contributed by atoms with E-state index in [1.54, 1.807) is 27.6 Å². The van der Waals surface area contributed by atoms with Crippen molar-refractivity contribution < 1.29 is 9.59 Å². The molecule has 1 saturated carbocycles. The van der Waals surface area contributed by atoms with Gasteiger partial charge in [-0.15, -0.1) is 11.3 Å². The molecule has 1 aromatic carbocycles. The number of benzene rings is 1. The summed E-state index contributed by atoms with van der Waals surface area (Å²) < 4.78 is 0. The number of carbonyl (C=O) groups excluding carboxylic acids is 2. The Kier molecular flexibility index (Phi) is 7.54. The van der Waals surface area contributed by atoms with Gasteiger partial charge in [0.1, 0.15) is 6.04 Å². The Bertz CT molecular complexity index is 949. The monoisotopic (exact) mass is 452 g/mol. The van der Waals surface area contributed by atoms with E-state index in [1.807, 2.05) is 52.5 Å². The Hall–Kier alpha value is -2.44. The maximum absolute atomic E-state index is 13.5. The number of nitrogens with one attached hydrogen (secondary N) is 1. The van der Waals surface area contributed by atoms with Crippen LogP contribution in [-0.2, 0) is 22.4 Å². The first-order valence-electron chi connectivity index (χ1n) is 10.9. The van der Waals surface area contributed by atoms with Gasteiger partial charge in [0.15, 0.2) is 0 Å². The Balaban J connectivity index is 1.59. The first-order chi connectivity index (χ1) is 15.2. The van der Waals surface area contributed by atoms with E-state index >= 15 is 0 Å². The summed E-state index contributed by atoms with van der Waals surface area (Å²) in [6.45, 7) is 0.507. The Morgan fingerprint density at radius 2 is 1.84 bits per heavy atom. The molecule has 0 spiro atoms. The van der Waals surface area contributed by atoms with Crippen molar-refractivity contribution in [1.29, 1.82) is 0 Å². The number of hydrogen-bond acceptors (Lipinski definition) is 4. The molecule has 4 nitrogen and oxygen atoms in total. The van der Waals surface area contributed by atoms with Crippen LogP contribution in [0.15, 0.2) is 64.7 Å². The minimum atomic E-state index is -0.594. The average Bonchev–Trinajstić information content (AvgIpc) is 3.55. The van der Waals surface area contributed by atoms with E-state index < -0.39 is 6.04 Å². The molecule has 31 heavy (non-hydrogen) atoms. The normalized spacial score (nSPS) is 15.0. The first-order valence-corrected chi connectivity index (χ1v) is 12.7. The van der Waals surface area contributed by atoms with Crippen LogP contribution < -0.4 is 5.32 Å². The lowest BCUT2D eigenvalue weighted by Crippen LogP contribution is -2.47. The maximum atomic E-state index is 13.5. The standard InChI is InChI=1S/C25H28N2O2S2/c28-23(17-22-11-6-15-31-22)27(14-12-19-7-2-1-3-8-19)24(20-13-16-30-18-20)25(29)26-21-9-4-5-10-21/h1-3,6-8,11,13,15-16,18,21,24H,4-5,9-10,12,14,17H2,(H,26,29)/t24-/m1/s1. The predicted molar refractivity (Wildman–Crippen MR) is 127 cm³/mol. The van der Waals surface area contributed by atoms with E-state index in [-0.39, 0.29) is 17.9 Å². The first kappa shape index (κ1) is 21.8. The number of carbonyl (C=O) groups is 2. The van der Waals surface area contributed by atoms with Crippen LogP contribution in [-0.4, -0.2) is 29.3 Å². The fourth-order valence-corrected chi connectivity index (χ4v) is 5.58. The van der Waals surface area contributed by atoms with Gasteiger partial charge in [-0.25, -0.2) is 0 Å². The summed E-state index contributed by atoms with van der Waals surface area (Å²) in [5.74, 6) is -0.0611. The van der Waals surface area contributed by atoms with Crippen molar-refractivity contribution in [3.8, 4) is 0 Å². The highest BCUT2D eigenvalue weighted by Gasteiger charge is 2.33. The molecule has 0 bridgehead atoms. The molecule has 2 aromatic heterocycles. The quantitative estimate of drug-likeness (QED) is 0.484. The molecule has 2 heterocycles. The van der Waals surface area contributed by atoms with Crippen molar-refractivity contribution in [1.82, 2.24) is 10.2 Å². The molecule has 0 aliphatic heterocycles. The van der Waals surface area contributed by atoms with Gasteiger partial charge in [-0.05, 0) is 58.7 Å². The number of amides is 2. The highest BCUT2D eigenvalue weighted by molar-refractivity contribution is 7.10. The van der Waals surface area contributed by atoms with Crippen LogP contribution in [0.1, 0.15) is 47.7 Å². The third-order valence-corrected chi connectivity index (χ3v) is 7.41. The van der Waals surface area contributed by atoms with Gasteiger partial charge in [-0.2, -0.15) is 11.3 Å². The number of nitrogens with zero attached hydrogens (tertiary/aromatic N) is 1. The van der Waals surface area contributed by atoms with Crippen LogP contribution in [0.3, 0.4) is 0 Å². The molecule has 1 fully saturated rings. The molecular weight excluding hydrogens is 424 g/mol. The number of rotatable bonds is 9. The van der Waals surface area contributed by atoms with Crippen molar-refractivity contribution in [2.45, 2.75) is 50.6 Å². The molecular formula is C25H28N2O2S2. The summed E-state index contributed by atoms with van der Waals surface area (Å²) in [7, 11) is 0. The Morgan fingerprint density at radius 1 is 1.03 bits per heavy atom. The van der Waals surface area contributed by atoms with E-state index in [9.17, 15) is 9.59 Å². The molecule has 1 aliphatic carbocycles. The van der Waals surface area contributed by atoms with Crippen LogP contribution in [0.4, 0.5) is 0 Å². The zero-order valence-electron chi connectivity index (χ0n) is 17.5. The highest BCUT2D eigenvalue weighted by Crippen LogP contribution is 2.27. The van der Waals surface area contributed by atoms with Crippen molar-refractivity contribution in [3.05, 3.63) is 80.7 Å². The molecule has 2 amide bonds. The topological polar surface area (TPSA) is 49.4 Å². The van der Waals surface area contributed by atoms with Gasteiger partial charge in [-0.1, -0.05) is 49.2 Å². The lowest BCUT2D eigenvalue weighted by molar-refractivity contribution is -0.140. The molecule has 0 radical (unpaired) electrons. The third kappa shape index (κ3) is 5.83. The largest absolute Gasteiger partial charge is 0.351 e. The second-order valence-corrected chi connectivity index (χ2v) is 9.84. The summed E-state index contributed by atoms with van der Waals surface area (Å²) in [4.78, 5) is 29.7. The van der Waals surface area contributed by atoms with Gasteiger partial charge in [0, 0.05) is 17.5 Å². The molecule has 3 aromatic rings.